The molecular formula is C89H97NO27. The number of nitrogens with zero attached hydrogens (tertiary/aromatic N) is 1. The van der Waals surface area contributed by atoms with Gasteiger partial charge in [-0.3, -0.25) is 38.5 Å². The molecule has 0 saturated carbocycles. The van der Waals surface area contributed by atoms with Gasteiger partial charge in [0, 0.05) is 51.3 Å². The number of benzene rings is 7. The fourth-order valence-corrected chi connectivity index (χ4v) is 14.9. The van der Waals surface area contributed by atoms with Gasteiger partial charge in [0.05, 0.1) is 59.5 Å². The number of hydrogen-bond acceptors (Lipinski definition) is 27. The van der Waals surface area contributed by atoms with Crippen LogP contribution in [0.15, 0.2) is 223 Å². The van der Waals surface area contributed by atoms with E-state index < -0.39 is 184 Å². The highest BCUT2D eigenvalue weighted by molar-refractivity contribution is 6.19. The number of carbonyl (C=O) groups excluding carboxylic acids is 7. The standard InChI is InChI=1S/C89H97NO27/c1-53-54(2)84(97)90(83(53)96)71-76(116-89-82(109-59(7)95)79(108-58(6)94)74(107-57(5)93)68(112-89)50-99-44-61-31-17-9-18-32-61)72(106-56(4)92)69(51-100-55(3)91)110-86(71)117-78-75-70(52-105-85(114-75)66-41-27-14-28-42-66)113-88(81(78)103-47-64-37-23-12-24-38-64)115-73-67(49-98-43-60-29-15-8-16-30-60)111-87(104-48-65-39-25-13-26-40-65)80(102-46-63-35-21-11-22-36-63)77(73)101-45-62-33-19-10-20-34-62/h8-42,67-82,85-89H,43-52H2,1-7H3/t67-,68-,69-,70-,71-,72-,73-,74+,75+,76-,77+,78+,79+,80-,81-,82-,85+,86+,87-,88+,89+/m1/s1. The van der Waals surface area contributed by atoms with Gasteiger partial charge in [-0.2, -0.15) is 0 Å². The van der Waals surface area contributed by atoms with Gasteiger partial charge in [-0.05, 0) is 47.2 Å². The van der Waals surface area contributed by atoms with Crippen molar-refractivity contribution in [2.45, 2.75) is 217 Å². The minimum Gasteiger partial charge on any atom is -0.463 e. The summed E-state index contributed by atoms with van der Waals surface area (Å²) >= 11 is 0. The second-order valence-electron chi connectivity index (χ2n) is 29.1. The van der Waals surface area contributed by atoms with Crippen LogP contribution in [0.25, 0.3) is 0 Å². The topological polar surface area (TPSA) is 307 Å². The second-order valence-corrected chi connectivity index (χ2v) is 29.1. The molecule has 2 amide bonds. The van der Waals surface area contributed by atoms with Gasteiger partial charge in [0.15, 0.2) is 55.9 Å². The van der Waals surface area contributed by atoms with Gasteiger partial charge >= 0.3 is 29.8 Å². The molecule has 0 radical (unpaired) electrons. The van der Waals surface area contributed by atoms with Crippen molar-refractivity contribution in [3.05, 3.63) is 262 Å². The molecule has 0 aromatic heterocycles. The predicted molar refractivity (Wildman–Crippen MR) is 411 cm³/mol. The summed E-state index contributed by atoms with van der Waals surface area (Å²) in [5, 5.41) is 0. The molecule has 28 nitrogen and oxygen atoms in total. The molecule has 7 aromatic carbocycles. The first-order valence-corrected chi connectivity index (χ1v) is 38.9. The average Bonchev–Trinajstić information content (AvgIpc) is 1.72. The number of hydrogen-bond donors (Lipinski definition) is 0. The third kappa shape index (κ3) is 22.1. The Kier molecular flexibility index (Phi) is 29.8. The molecule has 6 heterocycles. The first-order valence-electron chi connectivity index (χ1n) is 38.9. The van der Waals surface area contributed by atoms with Crippen molar-refractivity contribution < 1.29 is 128 Å². The highest BCUT2D eigenvalue weighted by Gasteiger charge is 2.63. The van der Waals surface area contributed by atoms with E-state index in [1.54, 1.807) is 12.1 Å². The van der Waals surface area contributed by atoms with E-state index in [1.807, 2.05) is 200 Å². The fourth-order valence-electron chi connectivity index (χ4n) is 14.9. The molecule has 0 N–H and O–H groups in total. The van der Waals surface area contributed by atoms with E-state index in [1.165, 1.54) is 13.8 Å². The van der Waals surface area contributed by atoms with Gasteiger partial charge in [0.25, 0.3) is 11.8 Å². The Morgan fingerprint density at radius 2 is 0.701 bits per heavy atom. The number of rotatable bonds is 34. The largest absolute Gasteiger partial charge is 0.463 e. The van der Waals surface area contributed by atoms with Crippen LogP contribution < -0.4 is 0 Å². The number of amides is 2. The maximum absolute atomic E-state index is 15.5. The summed E-state index contributed by atoms with van der Waals surface area (Å²) < 4.78 is 136. The second kappa shape index (κ2) is 41.0. The van der Waals surface area contributed by atoms with Crippen LogP contribution in [0.1, 0.15) is 93.7 Å². The Labute approximate surface area is 677 Å². The van der Waals surface area contributed by atoms with Gasteiger partial charge in [0.2, 0.25) is 0 Å². The van der Waals surface area contributed by atoms with Gasteiger partial charge in [-0.25, -0.2) is 0 Å². The van der Waals surface area contributed by atoms with Crippen LogP contribution in [-0.2, 0) is 168 Å². The van der Waals surface area contributed by atoms with Crippen LogP contribution in [0.4, 0.5) is 0 Å². The number of ether oxygens (including phenoxy) is 20. The summed E-state index contributed by atoms with van der Waals surface area (Å²) in [6, 6.07) is 63.6. The van der Waals surface area contributed by atoms with Crippen molar-refractivity contribution in [3.8, 4) is 0 Å². The molecule has 0 spiro atoms. The Bertz CT molecular complexity index is 4400. The minimum absolute atomic E-state index is 0.0135. The molecule has 21 atom stereocenters. The van der Waals surface area contributed by atoms with Gasteiger partial charge in [0.1, 0.15) is 79.8 Å². The van der Waals surface area contributed by atoms with Crippen LogP contribution in [0.3, 0.4) is 0 Å². The molecule has 5 fully saturated rings. The molecule has 0 aliphatic carbocycles. The lowest BCUT2D eigenvalue weighted by atomic mass is 9.92. The van der Waals surface area contributed by atoms with Crippen molar-refractivity contribution in [1.82, 2.24) is 4.90 Å². The van der Waals surface area contributed by atoms with Crippen LogP contribution in [-0.4, -0.2) is 196 Å². The molecule has 0 unspecified atom stereocenters. The number of imide groups is 1. The summed E-state index contributed by atoms with van der Waals surface area (Å²) in [5.74, 6) is -6.35. The van der Waals surface area contributed by atoms with Crippen LogP contribution >= 0.6 is 0 Å². The van der Waals surface area contributed by atoms with Crippen LogP contribution in [0.5, 0.6) is 0 Å². The first kappa shape index (κ1) is 85.1. The quantitative estimate of drug-likeness (QED) is 0.0206. The Hall–Kier alpha value is -9.83. The summed E-state index contributed by atoms with van der Waals surface area (Å²) in [5.41, 5.74) is 5.24. The molecule has 6 aliphatic heterocycles. The highest BCUT2D eigenvalue weighted by atomic mass is 16.8. The van der Waals surface area contributed by atoms with Gasteiger partial charge in [-0.15, -0.1) is 0 Å². The van der Waals surface area contributed by atoms with Gasteiger partial charge < -0.3 is 94.7 Å². The van der Waals surface area contributed by atoms with E-state index >= 15 is 9.59 Å². The summed E-state index contributed by atoms with van der Waals surface area (Å²) in [6.45, 7) is 6.90. The monoisotopic (exact) mass is 1610 g/mol. The van der Waals surface area contributed by atoms with Crippen molar-refractivity contribution >= 4 is 41.7 Å². The minimum atomic E-state index is -2.06. The van der Waals surface area contributed by atoms with Crippen molar-refractivity contribution in [3.63, 3.8) is 0 Å². The fraction of sp³-hybridized carbons (Fsp3) is 0.427. The maximum atomic E-state index is 15.5. The lowest BCUT2D eigenvalue weighted by Crippen LogP contribution is -2.72. The predicted octanol–water partition coefficient (Wildman–Crippen LogP) is 9.93. The van der Waals surface area contributed by atoms with Crippen molar-refractivity contribution in [1.29, 1.82) is 0 Å². The van der Waals surface area contributed by atoms with E-state index in [4.69, 9.17) is 94.7 Å². The molecule has 7 aromatic rings. The average molecular weight is 1610 g/mol. The number of esters is 5. The van der Waals surface area contributed by atoms with Crippen LogP contribution in [0, 0.1) is 0 Å². The smallest absolute Gasteiger partial charge is 0.303 e. The summed E-state index contributed by atoms with van der Waals surface area (Å²) in [6.07, 6.45) is -30.5. The molecular weight excluding hydrogens is 1510 g/mol. The van der Waals surface area contributed by atoms with E-state index in [0.717, 1.165) is 67.3 Å². The van der Waals surface area contributed by atoms with Crippen molar-refractivity contribution in [2.24, 2.45) is 0 Å². The summed E-state index contributed by atoms with van der Waals surface area (Å²) in [4.78, 5) is 99.5. The Morgan fingerprint density at radius 1 is 0.342 bits per heavy atom. The Balaban J connectivity index is 0.971. The van der Waals surface area contributed by atoms with E-state index in [9.17, 15) is 24.0 Å². The lowest BCUT2D eigenvalue weighted by Gasteiger charge is -2.54. The SMILES string of the molecule is CC(=O)OC[C@H]1O[C@@H](O[C@H]2[C@H]3O[C@@H](c4ccccc4)OC[C@H]3O[C@@H](O[C@H]3[C@H](OCc4ccccc4)[C@@H](OCc4ccccc4)[C@H](OCc4ccccc4)O[C@@H]3COCc3ccccc3)[C@@H]2OCc2ccccc2)[C@H](N2C(=O)C(C)=C(C)C2=O)[C@@H](O[C@@H]2O[C@H](COCc3ccccc3)[C@H](OC(C)=O)[C@H](OC(C)=O)[C@H]2OC(C)=O)[C@@H]1OC(C)=O. The molecule has 5 saturated heterocycles. The number of carbonyl (C=O) groups is 7. The molecule has 117 heavy (non-hydrogen) atoms. The van der Waals surface area contributed by atoms with E-state index in [-0.39, 0.29) is 64.0 Å². The van der Waals surface area contributed by atoms with E-state index in [2.05, 4.69) is 0 Å². The van der Waals surface area contributed by atoms with Gasteiger partial charge in [-0.1, -0.05) is 212 Å². The first-order chi connectivity index (χ1) is 56.8. The van der Waals surface area contributed by atoms with Crippen molar-refractivity contribution in [2.75, 3.05) is 26.4 Å². The third-order valence-electron chi connectivity index (χ3n) is 20.5. The van der Waals surface area contributed by atoms with Crippen LogP contribution in [0.2, 0.25) is 0 Å². The van der Waals surface area contributed by atoms with E-state index in [0.29, 0.717) is 11.1 Å². The molecule has 28 heteroatoms. The lowest BCUT2D eigenvalue weighted by molar-refractivity contribution is -0.413. The number of fused-ring (bicyclic) bond motifs is 1. The Morgan fingerprint density at radius 3 is 1.17 bits per heavy atom. The normalized spacial score (nSPS) is 29.1. The highest BCUT2D eigenvalue weighted by Crippen LogP contribution is 2.45. The zero-order chi connectivity index (χ0) is 81.9. The molecule has 6 aliphatic rings. The molecule has 620 valence electrons. The molecule has 0 bridgehead atoms. The third-order valence-corrected chi connectivity index (χ3v) is 20.5. The zero-order valence-electron chi connectivity index (χ0n) is 65.9. The molecule has 13 rings (SSSR count). The maximum Gasteiger partial charge on any atom is 0.303 e. The zero-order valence-corrected chi connectivity index (χ0v) is 65.9. The summed E-state index contributed by atoms with van der Waals surface area (Å²) in [7, 11) is 0.